The van der Waals surface area contributed by atoms with Crippen LogP contribution >= 0.6 is 0 Å². The quantitative estimate of drug-likeness (QED) is 0.449. The Hall–Kier alpha value is -2.30. The smallest absolute Gasteiger partial charge is 0.326 e. The summed E-state index contributed by atoms with van der Waals surface area (Å²) in [6.07, 6.45) is 1.24. The summed E-state index contributed by atoms with van der Waals surface area (Å²) in [4.78, 5) is 21.8. The van der Waals surface area contributed by atoms with E-state index in [1.54, 1.807) is 0 Å². The van der Waals surface area contributed by atoms with E-state index in [9.17, 15) is 9.59 Å². The van der Waals surface area contributed by atoms with Crippen molar-refractivity contribution in [2.75, 3.05) is 0 Å². The topological polar surface area (TPSA) is 67.4 Å². The zero-order valence-electron chi connectivity index (χ0n) is 8.40. The molecule has 0 radical (unpaired) electrons. The number of benzene rings is 1. The molecule has 0 aliphatic carbocycles. The Kier molecular flexibility index (Phi) is 2.86. The number of imide groups is 1. The van der Waals surface area contributed by atoms with E-state index in [1.807, 2.05) is 30.3 Å². The van der Waals surface area contributed by atoms with Gasteiger partial charge < -0.3 is 10.1 Å². The number of carbonyl (C=O) groups excluding carboxylic acids is 2. The highest BCUT2D eigenvalue weighted by Crippen LogP contribution is 2.03. The van der Waals surface area contributed by atoms with Crippen LogP contribution < -0.4 is 10.6 Å². The lowest BCUT2D eigenvalue weighted by molar-refractivity contribution is -0.115. The first-order chi connectivity index (χ1) is 7.75. The molecular weight excluding hydrogens is 208 g/mol. The van der Waals surface area contributed by atoms with Crippen molar-refractivity contribution in [3.05, 3.63) is 47.9 Å². The van der Waals surface area contributed by atoms with Crippen LogP contribution in [-0.2, 0) is 16.1 Å². The first kappa shape index (κ1) is 10.2. The van der Waals surface area contributed by atoms with Gasteiger partial charge in [0.25, 0.3) is 5.91 Å². The van der Waals surface area contributed by atoms with Crippen LogP contribution in [0.3, 0.4) is 0 Å². The summed E-state index contributed by atoms with van der Waals surface area (Å²) in [5.74, 6) is -0.474. The van der Waals surface area contributed by atoms with Gasteiger partial charge in [0.2, 0.25) is 0 Å². The van der Waals surface area contributed by atoms with Crippen molar-refractivity contribution < 1.29 is 14.3 Å². The second-order valence-corrected chi connectivity index (χ2v) is 3.24. The molecule has 5 heteroatoms. The van der Waals surface area contributed by atoms with Crippen LogP contribution in [0.25, 0.3) is 0 Å². The van der Waals surface area contributed by atoms with Gasteiger partial charge in [0.1, 0.15) is 18.6 Å². The molecule has 0 atom stereocenters. The Morgan fingerprint density at radius 2 is 1.88 bits per heavy atom. The minimum absolute atomic E-state index is 0.126. The predicted octanol–water partition coefficient (Wildman–Crippen LogP) is 0.884. The van der Waals surface area contributed by atoms with Crippen molar-refractivity contribution in [1.82, 2.24) is 10.6 Å². The third-order valence-electron chi connectivity index (χ3n) is 2.01. The molecule has 16 heavy (non-hydrogen) atoms. The number of hydrogen-bond donors (Lipinski definition) is 2. The summed E-state index contributed by atoms with van der Waals surface area (Å²) in [7, 11) is 0. The highest BCUT2D eigenvalue weighted by Gasteiger charge is 2.23. The third-order valence-corrected chi connectivity index (χ3v) is 2.01. The Balaban J connectivity index is 1.90. The molecule has 0 spiro atoms. The Morgan fingerprint density at radius 3 is 2.50 bits per heavy atom. The summed E-state index contributed by atoms with van der Waals surface area (Å²) < 4.78 is 5.18. The van der Waals surface area contributed by atoms with Gasteiger partial charge in [-0.1, -0.05) is 30.3 Å². The lowest BCUT2D eigenvalue weighted by Crippen LogP contribution is -2.22. The van der Waals surface area contributed by atoms with E-state index in [-0.39, 0.29) is 5.70 Å². The largest absolute Gasteiger partial charge is 0.494 e. The van der Waals surface area contributed by atoms with E-state index in [1.165, 1.54) is 6.26 Å². The maximum atomic E-state index is 11.1. The maximum absolute atomic E-state index is 11.1. The normalized spacial score (nSPS) is 17.1. The monoisotopic (exact) mass is 218 g/mol. The fraction of sp³-hybridized carbons (Fsp3) is 0.0909. The van der Waals surface area contributed by atoms with Gasteiger partial charge in [0.05, 0.1) is 0 Å². The zero-order valence-corrected chi connectivity index (χ0v) is 8.40. The Morgan fingerprint density at radius 1 is 1.12 bits per heavy atom. The second kappa shape index (κ2) is 4.48. The molecule has 5 nitrogen and oxygen atoms in total. The van der Waals surface area contributed by atoms with E-state index in [4.69, 9.17) is 4.74 Å². The molecule has 2 N–H and O–H groups in total. The molecule has 1 aromatic rings. The average Bonchev–Trinajstić information content (AvgIpc) is 2.59. The van der Waals surface area contributed by atoms with Crippen molar-refractivity contribution in [2.24, 2.45) is 0 Å². The second-order valence-electron chi connectivity index (χ2n) is 3.24. The van der Waals surface area contributed by atoms with Crippen LogP contribution in [0.2, 0.25) is 0 Å². The molecule has 1 aliphatic heterocycles. The van der Waals surface area contributed by atoms with Gasteiger partial charge in [-0.15, -0.1) is 0 Å². The number of rotatable bonds is 3. The molecule has 1 saturated heterocycles. The third kappa shape index (κ3) is 2.38. The van der Waals surface area contributed by atoms with Gasteiger partial charge in [0.15, 0.2) is 0 Å². The first-order valence-electron chi connectivity index (χ1n) is 4.74. The SMILES string of the molecule is O=C1NC(=O)/C(=C\OCc2ccccc2)N1. The summed E-state index contributed by atoms with van der Waals surface area (Å²) in [5.41, 5.74) is 1.12. The average molecular weight is 218 g/mol. The van der Waals surface area contributed by atoms with E-state index in [0.717, 1.165) is 5.56 Å². The number of nitrogens with one attached hydrogen (secondary N) is 2. The summed E-state index contributed by atoms with van der Waals surface area (Å²) >= 11 is 0. The van der Waals surface area contributed by atoms with Crippen LogP contribution in [0.5, 0.6) is 0 Å². The van der Waals surface area contributed by atoms with Crippen LogP contribution in [0.15, 0.2) is 42.3 Å². The van der Waals surface area contributed by atoms with E-state index < -0.39 is 11.9 Å². The molecule has 3 amide bonds. The van der Waals surface area contributed by atoms with Gasteiger partial charge in [-0.3, -0.25) is 10.1 Å². The zero-order chi connectivity index (χ0) is 11.4. The van der Waals surface area contributed by atoms with E-state index >= 15 is 0 Å². The highest BCUT2D eigenvalue weighted by molar-refractivity contribution is 6.11. The number of amides is 3. The van der Waals surface area contributed by atoms with Crippen molar-refractivity contribution in [2.45, 2.75) is 6.61 Å². The molecular formula is C11H10N2O3. The van der Waals surface area contributed by atoms with Crippen LogP contribution in [-0.4, -0.2) is 11.9 Å². The Bertz CT molecular complexity index is 440. The molecule has 2 rings (SSSR count). The molecule has 0 saturated carbocycles. The van der Waals surface area contributed by atoms with Crippen LogP contribution in [0, 0.1) is 0 Å². The van der Waals surface area contributed by atoms with Gasteiger partial charge in [-0.2, -0.15) is 0 Å². The van der Waals surface area contributed by atoms with Crippen LogP contribution in [0.1, 0.15) is 5.56 Å². The van der Waals surface area contributed by atoms with E-state index in [0.29, 0.717) is 6.61 Å². The number of carbonyl (C=O) groups is 2. The van der Waals surface area contributed by atoms with Gasteiger partial charge in [-0.05, 0) is 5.56 Å². The first-order valence-corrected chi connectivity index (χ1v) is 4.74. The minimum atomic E-state index is -0.528. The predicted molar refractivity (Wildman–Crippen MR) is 56.0 cm³/mol. The summed E-state index contributed by atoms with van der Waals surface area (Å²) in [5, 5.41) is 4.40. The highest BCUT2D eigenvalue weighted by atomic mass is 16.5. The number of ether oxygens (including phenoxy) is 1. The van der Waals surface area contributed by atoms with Crippen molar-refractivity contribution in [3.63, 3.8) is 0 Å². The Labute approximate surface area is 92.1 Å². The molecule has 1 aliphatic rings. The molecule has 1 fully saturated rings. The minimum Gasteiger partial charge on any atom is -0.494 e. The lowest BCUT2D eigenvalue weighted by Gasteiger charge is -2.01. The van der Waals surface area contributed by atoms with Crippen molar-refractivity contribution in [3.8, 4) is 0 Å². The molecule has 82 valence electrons. The fourth-order valence-electron chi connectivity index (χ4n) is 1.26. The van der Waals surface area contributed by atoms with E-state index in [2.05, 4.69) is 10.6 Å². The van der Waals surface area contributed by atoms with Crippen molar-refractivity contribution in [1.29, 1.82) is 0 Å². The molecule has 0 bridgehead atoms. The van der Waals surface area contributed by atoms with Crippen molar-refractivity contribution >= 4 is 11.9 Å². The fourth-order valence-corrected chi connectivity index (χ4v) is 1.26. The number of hydrogen-bond acceptors (Lipinski definition) is 3. The lowest BCUT2D eigenvalue weighted by atomic mass is 10.2. The van der Waals surface area contributed by atoms with Crippen LogP contribution in [0.4, 0.5) is 4.79 Å². The van der Waals surface area contributed by atoms with Gasteiger partial charge in [-0.25, -0.2) is 4.79 Å². The molecule has 0 unspecified atom stereocenters. The van der Waals surface area contributed by atoms with Gasteiger partial charge in [0, 0.05) is 0 Å². The van der Waals surface area contributed by atoms with Gasteiger partial charge >= 0.3 is 6.03 Å². The molecule has 1 aromatic carbocycles. The number of urea groups is 1. The molecule has 0 aromatic heterocycles. The summed E-state index contributed by atoms with van der Waals surface area (Å²) in [6, 6.07) is 9.00. The standard InChI is InChI=1S/C11H10N2O3/c14-10-9(12-11(15)13-10)7-16-6-8-4-2-1-3-5-8/h1-5,7H,6H2,(H2,12,13,14,15)/b9-7+. The maximum Gasteiger partial charge on any atom is 0.326 e. The molecule has 1 heterocycles. The summed E-state index contributed by atoms with van der Waals surface area (Å²) in [6.45, 7) is 0.355.